The Morgan fingerprint density at radius 1 is 1.00 bits per heavy atom. The first kappa shape index (κ1) is 14.0. The summed E-state index contributed by atoms with van der Waals surface area (Å²) < 4.78 is 8.70. The van der Waals surface area contributed by atoms with Gasteiger partial charge < -0.3 is 10.6 Å². The molecule has 0 saturated carbocycles. The van der Waals surface area contributed by atoms with E-state index in [1.165, 1.54) is 0 Å². The predicted molar refractivity (Wildman–Crippen MR) is 48.1 cm³/mol. The second-order valence-corrected chi connectivity index (χ2v) is 2.26. The maximum absolute atomic E-state index is 8.70. The Labute approximate surface area is 76.9 Å². The topological polar surface area (TPSA) is 81.6 Å². The van der Waals surface area contributed by atoms with E-state index in [0.717, 1.165) is 26.2 Å². The van der Waals surface area contributed by atoms with E-state index < -0.39 is 8.25 Å². The lowest BCUT2D eigenvalue weighted by Gasteiger charge is -2.11. The average molecular weight is 248 g/mol. The van der Waals surface area contributed by atoms with Gasteiger partial charge in [-0.05, 0) is 0 Å². The summed E-state index contributed by atoms with van der Waals surface area (Å²) in [6.45, 7) is 4.56. The summed E-state index contributed by atoms with van der Waals surface area (Å²) in [5.74, 6) is 0. The maximum Gasteiger partial charge on any atom is 0.692 e. The van der Waals surface area contributed by atoms with E-state index in [4.69, 9.17) is 14.4 Å². The van der Waals surface area contributed by atoms with E-state index in [2.05, 4.69) is 10.6 Å². The molecule has 0 atom stereocenters. The molecule has 1 aliphatic heterocycles. The smallest absolute Gasteiger partial charge is 0.314 e. The second kappa shape index (κ2) is 10.4. The van der Waals surface area contributed by atoms with E-state index in [9.17, 15) is 0 Å². The predicted octanol–water partition coefficient (Wildman–Crippen LogP) is -0.615. The summed E-state index contributed by atoms with van der Waals surface area (Å²) in [5.41, 5.74) is 0. The molecule has 1 saturated heterocycles. The van der Waals surface area contributed by atoms with Gasteiger partial charge in [-0.1, -0.05) is 0 Å². The summed E-state index contributed by atoms with van der Waals surface area (Å²) in [4.78, 5) is 14.2. The normalized spacial score (nSPS) is 15.5. The minimum atomic E-state index is -2.87. The van der Waals surface area contributed by atoms with Crippen LogP contribution in [0.5, 0.6) is 0 Å². The summed E-state index contributed by atoms with van der Waals surface area (Å²) in [6.07, 6.45) is 0. The Kier molecular flexibility index (Phi) is 13.2. The zero-order valence-corrected chi connectivity index (χ0v) is 8.59. The highest BCUT2D eigenvalue weighted by Gasteiger charge is 1.93. The molecule has 4 N–H and O–H groups in total. The van der Waals surface area contributed by atoms with Gasteiger partial charge in [-0.15, -0.1) is 26.8 Å². The van der Waals surface area contributed by atoms with E-state index in [1.807, 2.05) is 0 Å². The van der Waals surface area contributed by atoms with Crippen LogP contribution < -0.4 is 10.6 Å². The van der Waals surface area contributed by atoms with Crippen LogP contribution in [0.2, 0.25) is 0 Å². The highest BCUT2D eigenvalue weighted by molar-refractivity contribution is 8.93. The molecule has 0 aromatic carbocycles. The fraction of sp³-hybridized carbons (Fsp3) is 1.00. The zero-order chi connectivity index (χ0) is 7.82. The lowest BCUT2D eigenvalue weighted by Crippen LogP contribution is -2.39. The Bertz CT molecular complexity index is 85.8. The van der Waals surface area contributed by atoms with Crippen LogP contribution in [-0.2, 0) is 4.57 Å². The minimum absolute atomic E-state index is 0. The van der Waals surface area contributed by atoms with Gasteiger partial charge in [-0.2, -0.15) is 0 Å². The molecule has 0 spiro atoms. The maximum atomic E-state index is 8.70. The first-order valence-electron chi connectivity index (χ1n) is 3.00. The molecule has 0 aliphatic carbocycles. The summed E-state index contributed by atoms with van der Waals surface area (Å²) in [7, 11) is -2.87. The van der Waals surface area contributed by atoms with Crippen LogP contribution in [0.25, 0.3) is 0 Å². The molecule has 0 bridgehead atoms. The van der Waals surface area contributed by atoms with Gasteiger partial charge in [0.2, 0.25) is 0 Å². The number of rotatable bonds is 0. The van der Waals surface area contributed by atoms with Crippen LogP contribution in [-0.4, -0.2) is 36.0 Å². The fourth-order valence-electron chi connectivity index (χ4n) is 0.604. The molecule has 1 heterocycles. The molecule has 11 heavy (non-hydrogen) atoms. The van der Waals surface area contributed by atoms with Gasteiger partial charge in [0.15, 0.2) is 0 Å². The molecular formula is C4H13BrN2O3P+. The third kappa shape index (κ3) is 17.9. The van der Waals surface area contributed by atoms with Crippen molar-refractivity contribution in [3.05, 3.63) is 0 Å². The first-order valence-corrected chi connectivity index (χ1v) is 4.16. The molecule has 7 heteroatoms. The van der Waals surface area contributed by atoms with E-state index in [0.29, 0.717) is 0 Å². The monoisotopic (exact) mass is 247 g/mol. The number of hydrogen-bond acceptors (Lipinski definition) is 3. The van der Waals surface area contributed by atoms with Crippen LogP contribution in [0.4, 0.5) is 0 Å². The number of piperazine rings is 1. The van der Waals surface area contributed by atoms with Crippen molar-refractivity contribution in [1.82, 2.24) is 10.6 Å². The second-order valence-electron chi connectivity index (χ2n) is 1.75. The number of halogens is 1. The summed E-state index contributed by atoms with van der Waals surface area (Å²) >= 11 is 0. The van der Waals surface area contributed by atoms with Gasteiger partial charge in [0, 0.05) is 30.7 Å². The SMILES string of the molecule is Br.C1CNCCN1.O=[P+](O)O. The van der Waals surface area contributed by atoms with E-state index in [1.54, 1.807) is 0 Å². The van der Waals surface area contributed by atoms with Gasteiger partial charge in [-0.25, -0.2) is 0 Å². The molecular weight excluding hydrogens is 235 g/mol. The van der Waals surface area contributed by atoms with Gasteiger partial charge in [0.1, 0.15) is 0 Å². The van der Waals surface area contributed by atoms with Crippen molar-refractivity contribution in [2.45, 2.75) is 0 Å². The Morgan fingerprint density at radius 2 is 1.18 bits per heavy atom. The van der Waals surface area contributed by atoms with E-state index >= 15 is 0 Å². The Morgan fingerprint density at radius 3 is 1.27 bits per heavy atom. The molecule has 0 radical (unpaired) electrons. The van der Waals surface area contributed by atoms with E-state index in [-0.39, 0.29) is 17.0 Å². The molecule has 1 aliphatic rings. The molecule has 0 amide bonds. The Balaban J connectivity index is 0. The minimum Gasteiger partial charge on any atom is -0.314 e. The van der Waals surface area contributed by atoms with Crippen molar-refractivity contribution in [3.8, 4) is 0 Å². The number of hydrogen-bond donors (Lipinski definition) is 4. The van der Waals surface area contributed by atoms with Crippen LogP contribution in [0.1, 0.15) is 0 Å². The van der Waals surface area contributed by atoms with Crippen LogP contribution in [0.15, 0.2) is 0 Å². The molecule has 68 valence electrons. The zero-order valence-electron chi connectivity index (χ0n) is 5.99. The lowest BCUT2D eigenvalue weighted by molar-refractivity contribution is 0.405. The molecule has 0 aromatic heterocycles. The lowest BCUT2D eigenvalue weighted by atomic mass is 10.4. The third-order valence-corrected chi connectivity index (χ3v) is 0.957. The van der Waals surface area contributed by atoms with Crippen molar-refractivity contribution in [3.63, 3.8) is 0 Å². The highest BCUT2D eigenvalue weighted by Crippen LogP contribution is 1.98. The molecule has 0 aromatic rings. The quantitative estimate of drug-likeness (QED) is 0.430. The van der Waals surface area contributed by atoms with Gasteiger partial charge in [-0.3, -0.25) is 0 Å². The van der Waals surface area contributed by atoms with Gasteiger partial charge in [0.25, 0.3) is 0 Å². The summed E-state index contributed by atoms with van der Waals surface area (Å²) in [6, 6.07) is 0. The first-order chi connectivity index (χ1) is 4.73. The van der Waals surface area contributed by atoms with Crippen molar-refractivity contribution < 1.29 is 14.4 Å². The van der Waals surface area contributed by atoms with Crippen LogP contribution in [0, 0.1) is 0 Å². The van der Waals surface area contributed by atoms with Crippen molar-refractivity contribution in [2.24, 2.45) is 0 Å². The van der Waals surface area contributed by atoms with Gasteiger partial charge in [0.05, 0.1) is 0 Å². The molecule has 1 rings (SSSR count). The Hall–Kier alpha value is 0.420. The largest absolute Gasteiger partial charge is 0.692 e. The fourth-order valence-corrected chi connectivity index (χ4v) is 0.604. The summed E-state index contributed by atoms with van der Waals surface area (Å²) in [5, 5.41) is 6.44. The van der Waals surface area contributed by atoms with Crippen LogP contribution in [0.3, 0.4) is 0 Å². The van der Waals surface area contributed by atoms with Crippen molar-refractivity contribution >= 4 is 25.2 Å². The molecule has 1 fully saturated rings. The molecule has 5 nitrogen and oxygen atoms in total. The third-order valence-electron chi connectivity index (χ3n) is 0.957. The molecule has 0 unspecified atom stereocenters. The number of nitrogens with one attached hydrogen (secondary N) is 2. The van der Waals surface area contributed by atoms with Crippen molar-refractivity contribution in [2.75, 3.05) is 26.2 Å². The standard InChI is InChI=1S/C4H10N2.BrH.HO3P/c1-2-6-4-3-5-1;;1-4(2)3/h5-6H,1-4H2;1H;(H-,1,2,3)/p+1. The highest BCUT2D eigenvalue weighted by atomic mass is 79.9. The average Bonchev–Trinajstić information content (AvgIpc) is 1.90. The van der Waals surface area contributed by atoms with Gasteiger partial charge >= 0.3 is 8.25 Å². The van der Waals surface area contributed by atoms with Crippen LogP contribution >= 0.6 is 25.2 Å². The van der Waals surface area contributed by atoms with Crippen molar-refractivity contribution in [1.29, 1.82) is 0 Å².